The van der Waals surface area contributed by atoms with Gasteiger partial charge in [-0.2, -0.15) is 0 Å². The van der Waals surface area contributed by atoms with E-state index >= 15 is 0 Å². The van der Waals surface area contributed by atoms with Crippen LogP contribution in [0.5, 0.6) is 11.5 Å². The minimum Gasteiger partial charge on any atom is -0.493 e. The first-order valence-corrected chi connectivity index (χ1v) is 13.7. The number of nitrogens with one attached hydrogen (secondary N) is 2. The second-order valence-electron chi connectivity index (χ2n) is 8.85. The molecule has 0 aromatic heterocycles. The van der Waals surface area contributed by atoms with Gasteiger partial charge in [-0.25, -0.2) is 0 Å². The molecule has 206 valence electrons. The lowest BCUT2D eigenvalue weighted by atomic mass is 10.1. The van der Waals surface area contributed by atoms with Crippen molar-refractivity contribution < 1.29 is 28.7 Å². The first kappa shape index (κ1) is 28.9. The van der Waals surface area contributed by atoms with E-state index in [1.807, 2.05) is 32.0 Å². The van der Waals surface area contributed by atoms with Crippen LogP contribution >= 0.6 is 27.7 Å². The fraction of sp³-hybridized carbons (Fsp3) is 0.172. The SMILES string of the molecule is COc1cc(/C=C2\SC(=O)N(CC(=O)Nc3ccccc3)C2=O)ccc1OCC(=O)Nc1cc(C)c(C)cc1Br. The first-order chi connectivity index (χ1) is 19.1. The number of methoxy groups -OCH3 is 1. The lowest BCUT2D eigenvalue weighted by Crippen LogP contribution is -2.36. The summed E-state index contributed by atoms with van der Waals surface area (Å²) in [7, 11) is 1.46. The summed E-state index contributed by atoms with van der Waals surface area (Å²) in [6, 6.07) is 17.5. The topological polar surface area (TPSA) is 114 Å². The molecule has 1 aliphatic heterocycles. The van der Waals surface area contributed by atoms with Crippen LogP contribution in [0.2, 0.25) is 0 Å². The number of halogens is 1. The third-order valence-electron chi connectivity index (χ3n) is 5.93. The Kier molecular flexibility index (Phi) is 9.28. The molecule has 0 atom stereocenters. The van der Waals surface area contributed by atoms with Crippen LogP contribution in [0, 0.1) is 13.8 Å². The second kappa shape index (κ2) is 12.8. The maximum absolute atomic E-state index is 12.9. The molecule has 3 aromatic carbocycles. The van der Waals surface area contributed by atoms with Crippen molar-refractivity contribution in [1.29, 1.82) is 0 Å². The lowest BCUT2D eigenvalue weighted by molar-refractivity contribution is -0.127. The number of rotatable bonds is 9. The van der Waals surface area contributed by atoms with Crippen LogP contribution in [0.1, 0.15) is 16.7 Å². The van der Waals surface area contributed by atoms with Crippen molar-refractivity contribution in [3.63, 3.8) is 0 Å². The van der Waals surface area contributed by atoms with E-state index in [1.165, 1.54) is 13.2 Å². The molecule has 0 spiro atoms. The summed E-state index contributed by atoms with van der Waals surface area (Å²) >= 11 is 4.21. The van der Waals surface area contributed by atoms with Gasteiger partial charge in [-0.3, -0.25) is 24.1 Å². The number of para-hydroxylation sites is 1. The molecule has 4 rings (SSSR count). The van der Waals surface area contributed by atoms with Crippen molar-refractivity contribution in [3.8, 4) is 11.5 Å². The molecule has 3 aromatic rings. The van der Waals surface area contributed by atoms with E-state index in [2.05, 4.69) is 26.6 Å². The highest BCUT2D eigenvalue weighted by Crippen LogP contribution is 2.34. The summed E-state index contributed by atoms with van der Waals surface area (Å²) < 4.78 is 11.9. The van der Waals surface area contributed by atoms with E-state index < -0.39 is 23.6 Å². The van der Waals surface area contributed by atoms with E-state index in [0.717, 1.165) is 32.3 Å². The summed E-state index contributed by atoms with van der Waals surface area (Å²) in [5.41, 5.74) is 3.94. The number of hydrogen-bond donors (Lipinski definition) is 2. The molecule has 40 heavy (non-hydrogen) atoms. The van der Waals surface area contributed by atoms with Crippen LogP contribution in [0.15, 0.2) is 70.0 Å². The smallest absolute Gasteiger partial charge is 0.294 e. The number of nitrogens with zero attached hydrogens (tertiary/aromatic N) is 1. The van der Waals surface area contributed by atoms with Crippen molar-refractivity contribution in [2.24, 2.45) is 0 Å². The van der Waals surface area contributed by atoms with Gasteiger partial charge in [-0.15, -0.1) is 0 Å². The molecule has 4 amide bonds. The van der Waals surface area contributed by atoms with E-state index in [-0.39, 0.29) is 17.4 Å². The Balaban J connectivity index is 1.39. The molecular formula is C29H26BrN3O6S. The predicted molar refractivity (Wildman–Crippen MR) is 158 cm³/mol. The average molecular weight is 625 g/mol. The number of carbonyl (C=O) groups excluding carboxylic acids is 4. The fourth-order valence-electron chi connectivity index (χ4n) is 3.75. The third kappa shape index (κ3) is 7.10. The van der Waals surface area contributed by atoms with Crippen LogP contribution in [0.3, 0.4) is 0 Å². The first-order valence-electron chi connectivity index (χ1n) is 12.1. The zero-order valence-corrected chi connectivity index (χ0v) is 24.4. The molecule has 0 aliphatic carbocycles. The molecule has 9 nitrogen and oxygen atoms in total. The molecule has 1 saturated heterocycles. The normalized spacial score (nSPS) is 13.9. The number of carbonyl (C=O) groups is 4. The van der Waals surface area contributed by atoms with Crippen molar-refractivity contribution in [1.82, 2.24) is 4.90 Å². The Bertz CT molecular complexity index is 1510. The monoisotopic (exact) mass is 623 g/mol. The number of hydrogen-bond acceptors (Lipinski definition) is 7. The number of anilines is 2. The molecule has 1 fully saturated rings. The van der Waals surface area contributed by atoms with Gasteiger partial charge in [0.05, 0.1) is 17.7 Å². The van der Waals surface area contributed by atoms with Gasteiger partial charge < -0.3 is 20.1 Å². The van der Waals surface area contributed by atoms with Crippen molar-refractivity contribution in [2.45, 2.75) is 13.8 Å². The molecular weight excluding hydrogens is 598 g/mol. The molecule has 1 aliphatic rings. The molecule has 11 heteroatoms. The molecule has 0 radical (unpaired) electrons. The third-order valence-corrected chi connectivity index (χ3v) is 7.50. The van der Waals surface area contributed by atoms with Gasteiger partial charge in [0, 0.05) is 10.2 Å². The zero-order chi connectivity index (χ0) is 28.8. The van der Waals surface area contributed by atoms with E-state index in [9.17, 15) is 19.2 Å². The average Bonchev–Trinajstić information content (AvgIpc) is 3.18. The Morgan fingerprint density at radius 2 is 1.68 bits per heavy atom. The molecule has 2 N–H and O–H groups in total. The summed E-state index contributed by atoms with van der Waals surface area (Å²) in [6.07, 6.45) is 1.54. The Labute approximate surface area is 244 Å². The molecule has 0 saturated carbocycles. The Morgan fingerprint density at radius 3 is 2.40 bits per heavy atom. The van der Waals surface area contributed by atoms with Crippen molar-refractivity contribution in [3.05, 3.63) is 86.7 Å². The Hall–Kier alpha value is -4.09. The van der Waals surface area contributed by atoms with Gasteiger partial charge in [0.15, 0.2) is 18.1 Å². The van der Waals surface area contributed by atoms with Crippen molar-refractivity contribution in [2.75, 3.05) is 30.9 Å². The fourth-order valence-corrected chi connectivity index (χ4v) is 5.15. The van der Waals surface area contributed by atoms with Crippen LogP contribution in [0.4, 0.5) is 16.2 Å². The van der Waals surface area contributed by atoms with Crippen LogP contribution in [0.25, 0.3) is 6.08 Å². The number of ether oxygens (including phenoxy) is 2. The number of aryl methyl sites for hydroxylation is 2. The van der Waals surface area contributed by atoms with Gasteiger partial charge >= 0.3 is 0 Å². The molecule has 1 heterocycles. The van der Waals surface area contributed by atoms with Crippen LogP contribution in [-0.2, 0) is 14.4 Å². The largest absolute Gasteiger partial charge is 0.493 e. The minimum atomic E-state index is -0.563. The van der Waals surface area contributed by atoms with Crippen molar-refractivity contribution >= 4 is 68.1 Å². The minimum absolute atomic E-state index is 0.173. The molecule has 0 unspecified atom stereocenters. The summed E-state index contributed by atoms with van der Waals surface area (Å²) in [5.74, 6) is -0.714. The van der Waals surface area contributed by atoms with E-state index in [1.54, 1.807) is 42.5 Å². The van der Waals surface area contributed by atoms with E-state index in [0.29, 0.717) is 28.4 Å². The van der Waals surface area contributed by atoms with Gasteiger partial charge in [-0.05, 0) is 101 Å². The van der Waals surface area contributed by atoms with Gasteiger partial charge in [0.1, 0.15) is 6.54 Å². The van der Waals surface area contributed by atoms with Gasteiger partial charge in [-0.1, -0.05) is 24.3 Å². The summed E-state index contributed by atoms with van der Waals surface area (Å²) in [4.78, 5) is 51.2. The van der Waals surface area contributed by atoms with E-state index in [4.69, 9.17) is 9.47 Å². The lowest BCUT2D eigenvalue weighted by Gasteiger charge is -2.13. The van der Waals surface area contributed by atoms with Crippen LogP contribution in [-0.4, -0.2) is 48.1 Å². The second-order valence-corrected chi connectivity index (χ2v) is 10.7. The maximum atomic E-state index is 12.9. The predicted octanol–water partition coefficient (Wildman–Crippen LogP) is 5.77. The van der Waals surface area contributed by atoms with Gasteiger partial charge in [0.25, 0.3) is 17.1 Å². The summed E-state index contributed by atoms with van der Waals surface area (Å²) in [6.45, 7) is 3.30. The highest BCUT2D eigenvalue weighted by atomic mass is 79.9. The number of amides is 4. The standard InChI is InChI=1S/C29H26BrN3O6S/c1-17-11-21(30)22(12-18(17)2)32-27(35)16-39-23-10-9-19(13-24(23)38-3)14-25-28(36)33(29(37)40-25)15-26(34)31-20-7-5-4-6-8-20/h4-14H,15-16H2,1-3H3,(H,31,34)(H,32,35)/b25-14-. The summed E-state index contributed by atoms with van der Waals surface area (Å²) in [5, 5.41) is 4.95. The van der Waals surface area contributed by atoms with Gasteiger partial charge in [0.2, 0.25) is 5.91 Å². The quantitative estimate of drug-likeness (QED) is 0.291. The highest BCUT2D eigenvalue weighted by molar-refractivity contribution is 9.10. The molecule has 0 bridgehead atoms. The highest BCUT2D eigenvalue weighted by Gasteiger charge is 2.36. The Morgan fingerprint density at radius 1 is 0.950 bits per heavy atom. The number of thioether (sulfide) groups is 1. The number of benzene rings is 3. The zero-order valence-electron chi connectivity index (χ0n) is 21.9. The maximum Gasteiger partial charge on any atom is 0.294 e. The van der Waals surface area contributed by atoms with Crippen LogP contribution < -0.4 is 20.1 Å². The number of imide groups is 1.